The second-order valence-corrected chi connectivity index (χ2v) is 9.25. The van der Waals surface area contributed by atoms with Crippen LogP contribution in [0.2, 0.25) is 0 Å². The van der Waals surface area contributed by atoms with Crippen molar-refractivity contribution in [2.45, 2.75) is 38.1 Å². The third kappa shape index (κ3) is 4.77. The predicted molar refractivity (Wildman–Crippen MR) is 116 cm³/mol. The maximum atomic E-state index is 12.5. The van der Waals surface area contributed by atoms with Crippen molar-refractivity contribution in [1.82, 2.24) is 9.29 Å². The molecule has 1 aromatic heterocycles. The van der Waals surface area contributed by atoms with Gasteiger partial charge in [-0.05, 0) is 57.2 Å². The smallest absolute Gasteiger partial charge is 0.243 e. The molecule has 2 aromatic carbocycles. The normalized spacial score (nSPS) is 11.8. The molecule has 1 amide bonds. The summed E-state index contributed by atoms with van der Waals surface area (Å²) in [4.78, 5) is 17.0. The van der Waals surface area contributed by atoms with Gasteiger partial charge in [-0.2, -0.15) is 4.31 Å². The average Bonchev–Trinajstić information content (AvgIpc) is 3.08. The van der Waals surface area contributed by atoms with Crippen LogP contribution >= 0.6 is 0 Å². The van der Waals surface area contributed by atoms with Crippen LogP contribution in [0.3, 0.4) is 0 Å². The summed E-state index contributed by atoms with van der Waals surface area (Å²) in [5, 5.41) is 2.77. The summed E-state index contributed by atoms with van der Waals surface area (Å²) in [6.07, 6.45) is 0.0539. The summed E-state index contributed by atoms with van der Waals surface area (Å²) in [5.74, 6) is 0.794. The first-order chi connectivity index (χ1) is 14.2. The fourth-order valence-corrected chi connectivity index (χ4v) is 4.18. The van der Waals surface area contributed by atoms with Crippen LogP contribution in [0.1, 0.15) is 25.3 Å². The number of carbonyl (C=O) groups excluding carboxylic acids is 1. The Morgan fingerprint density at radius 1 is 1.10 bits per heavy atom. The molecule has 8 heteroatoms. The Labute approximate surface area is 176 Å². The minimum absolute atomic E-state index is 0.0539. The van der Waals surface area contributed by atoms with Crippen molar-refractivity contribution < 1.29 is 17.6 Å². The van der Waals surface area contributed by atoms with Crippen molar-refractivity contribution in [3.8, 4) is 11.5 Å². The topological polar surface area (TPSA) is 92.5 Å². The van der Waals surface area contributed by atoms with Crippen LogP contribution in [-0.4, -0.2) is 36.7 Å². The predicted octanol–water partition coefficient (Wildman–Crippen LogP) is 3.86. The second-order valence-electron chi connectivity index (χ2n) is 7.25. The molecule has 0 saturated carbocycles. The first-order valence-corrected chi connectivity index (χ1v) is 11.0. The Morgan fingerprint density at radius 3 is 2.33 bits per heavy atom. The molecule has 0 aliphatic carbocycles. The number of benzene rings is 2. The van der Waals surface area contributed by atoms with E-state index in [1.807, 2.05) is 30.3 Å². The van der Waals surface area contributed by atoms with E-state index in [0.717, 1.165) is 5.56 Å². The van der Waals surface area contributed by atoms with Gasteiger partial charge >= 0.3 is 0 Å². The minimum atomic E-state index is -3.56. The van der Waals surface area contributed by atoms with E-state index in [2.05, 4.69) is 10.3 Å². The highest BCUT2D eigenvalue weighted by Gasteiger charge is 2.23. The summed E-state index contributed by atoms with van der Waals surface area (Å²) >= 11 is 0. The number of sulfonamides is 1. The Balaban J connectivity index is 1.68. The molecule has 0 aliphatic heterocycles. The molecule has 0 atom stereocenters. The van der Waals surface area contributed by atoms with Gasteiger partial charge in [0.05, 0.1) is 17.0 Å². The molecule has 0 saturated heterocycles. The largest absolute Gasteiger partial charge is 0.441 e. The number of rotatable bonds is 7. The Kier molecular flexibility index (Phi) is 6.38. The van der Waals surface area contributed by atoms with E-state index in [1.165, 1.54) is 16.4 Å². The number of aryl methyl sites for hydroxylation is 1. The van der Waals surface area contributed by atoms with E-state index < -0.39 is 10.0 Å². The molecule has 0 unspecified atom stereocenters. The van der Waals surface area contributed by atoms with Crippen LogP contribution in [0, 0.1) is 6.92 Å². The molecule has 3 rings (SSSR count). The highest BCUT2D eigenvalue weighted by Crippen LogP contribution is 2.22. The van der Waals surface area contributed by atoms with Crippen LogP contribution in [0.15, 0.2) is 63.9 Å². The van der Waals surface area contributed by atoms with Crippen LogP contribution in [0.25, 0.3) is 11.5 Å². The van der Waals surface area contributed by atoms with Gasteiger partial charge in [-0.3, -0.25) is 4.79 Å². The van der Waals surface area contributed by atoms with E-state index in [-0.39, 0.29) is 23.3 Å². The maximum Gasteiger partial charge on any atom is 0.243 e. The van der Waals surface area contributed by atoms with Crippen LogP contribution in [0.4, 0.5) is 5.69 Å². The van der Waals surface area contributed by atoms with Gasteiger partial charge in [0.15, 0.2) is 0 Å². The summed E-state index contributed by atoms with van der Waals surface area (Å²) in [5.41, 5.74) is 1.91. The van der Waals surface area contributed by atoms with Gasteiger partial charge in [0.1, 0.15) is 5.76 Å². The lowest BCUT2D eigenvalue weighted by Crippen LogP contribution is -2.33. The van der Waals surface area contributed by atoms with Gasteiger partial charge in [-0.25, -0.2) is 13.4 Å². The first-order valence-electron chi connectivity index (χ1n) is 9.58. The van der Waals surface area contributed by atoms with Crippen LogP contribution < -0.4 is 5.32 Å². The van der Waals surface area contributed by atoms with Gasteiger partial charge in [0.2, 0.25) is 21.8 Å². The number of nitrogens with one attached hydrogen (secondary N) is 1. The van der Waals surface area contributed by atoms with E-state index in [0.29, 0.717) is 23.0 Å². The third-order valence-corrected chi connectivity index (χ3v) is 6.83. The molecule has 0 aliphatic rings. The molecule has 1 N–H and O–H groups in total. The lowest BCUT2D eigenvalue weighted by Gasteiger charge is -2.21. The number of amides is 1. The minimum Gasteiger partial charge on any atom is -0.441 e. The van der Waals surface area contributed by atoms with E-state index >= 15 is 0 Å². The van der Waals surface area contributed by atoms with Gasteiger partial charge in [-0.15, -0.1) is 0 Å². The highest BCUT2D eigenvalue weighted by molar-refractivity contribution is 7.89. The molecule has 158 valence electrons. The zero-order valence-corrected chi connectivity index (χ0v) is 18.2. The Hall–Kier alpha value is -2.97. The molecule has 0 spiro atoms. The number of nitrogens with zero attached hydrogens (tertiary/aromatic N) is 2. The molecular weight excluding hydrogens is 402 g/mol. The summed E-state index contributed by atoms with van der Waals surface area (Å²) in [7, 11) is -2.02. The van der Waals surface area contributed by atoms with Gasteiger partial charge in [0, 0.05) is 24.3 Å². The quantitative estimate of drug-likeness (QED) is 0.618. The van der Waals surface area contributed by atoms with Crippen molar-refractivity contribution in [2.24, 2.45) is 0 Å². The Bertz CT molecular complexity index is 1120. The van der Waals surface area contributed by atoms with Crippen molar-refractivity contribution >= 4 is 21.6 Å². The molecule has 3 aromatic rings. The molecule has 0 bridgehead atoms. The molecule has 1 heterocycles. The van der Waals surface area contributed by atoms with Gasteiger partial charge in [0.25, 0.3) is 0 Å². The third-order valence-electron chi connectivity index (χ3n) is 4.78. The van der Waals surface area contributed by atoms with Gasteiger partial charge in [-0.1, -0.05) is 18.2 Å². The molecule has 0 radical (unpaired) electrons. The monoisotopic (exact) mass is 427 g/mol. The number of anilines is 1. The standard InChI is InChI=1S/C22H25N3O4S/c1-15(2)25(4)30(27,28)19-12-10-18(11-13-19)23-21(26)14-20-16(3)29-22(24-20)17-8-6-5-7-9-17/h5-13,15H,14H2,1-4H3,(H,23,26). The number of oxazole rings is 1. The Morgan fingerprint density at radius 2 is 1.73 bits per heavy atom. The molecule has 0 fully saturated rings. The van der Waals surface area contributed by atoms with Crippen LogP contribution in [0.5, 0.6) is 0 Å². The maximum absolute atomic E-state index is 12.5. The summed E-state index contributed by atoms with van der Waals surface area (Å²) in [6, 6.07) is 15.4. The molecule has 30 heavy (non-hydrogen) atoms. The number of hydrogen-bond donors (Lipinski definition) is 1. The van der Waals surface area contributed by atoms with E-state index in [1.54, 1.807) is 40.0 Å². The zero-order chi connectivity index (χ0) is 21.9. The van der Waals surface area contributed by atoms with Crippen molar-refractivity contribution in [3.05, 3.63) is 66.1 Å². The second kappa shape index (κ2) is 8.81. The number of hydrogen-bond acceptors (Lipinski definition) is 5. The van der Waals surface area contributed by atoms with E-state index in [9.17, 15) is 13.2 Å². The van der Waals surface area contributed by atoms with Crippen molar-refractivity contribution in [2.75, 3.05) is 12.4 Å². The van der Waals surface area contributed by atoms with Gasteiger partial charge < -0.3 is 9.73 Å². The first kappa shape index (κ1) is 21.7. The van der Waals surface area contributed by atoms with Crippen LogP contribution in [-0.2, 0) is 21.2 Å². The molecular formula is C22H25N3O4S. The fraction of sp³-hybridized carbons (Fsp3) is 0.273. The SMILES string of the molecule is Cc1oc(-c2ccccc2)nc1CC(=O)Nc1ccc(S(=O)(=O)N(C)C(C)C)cc1. The summed E-state index contributed by atoms with van der Waals surface area (Å²) < 4.78 is 32.0. The highest BCUT2D eigenvalue weighted by atomic mass is 32.2. The summed E-state index contributed by atoms with van der Waals surface area (Å²) in [6.45, 7) is 5.38. The number of carbonyl (C=O) groups is 1. The van der Waals surface area contributed by atoms with Crippen molar-refractivity contribution in [1.29, 1.82) is 0 Å². The number of aromatic nitrogens is 1. The van der Waals surface area contributed by atoms with Crippen molar-refractivity contribution in [3.63, 3.8) is 0 Å². The zero-order valence-electron chi connectivity index (χ0n) is 17.4. The van der Waals surface area contributed by atoms with E-state index in [4.69, 9.17) is 4.42 Å². The lowest BCUT2D eigenvalue weighted by atomic mass is 10.2. The molecule has 7 nitrogen and oxygen atoms in total. The fourth-order valence-electron chi connectivity index (χ4n) is 2.81. The lowest BCUT2D eigenvalue weighted by molar-refractivity contribution is -0.115. The average molecular weight is 428 g/mol.